The van der Waals surface area contributed by atoms with Crippen LogP contribution in [0, 0.1) is 6.92 Å². The summed E-state index contributed by atoms with van der Waals surface area (Å²) >= 11 is 12.5. The summed E-state index contributed by atoms with van der Waals surface area (Å²) < 4.78 is 28.3. The van der Waals surface area contributed by atoms with E-state index in [2.05, 4.69) is 36.6 Å². The summed E-state index contributed by atoms with van der Waals surface area (Å²) in [7, 11) is -3.81. The van der Waals surface area contributed by atoms with Gasteiger partial charge in [0.2, 0.25) is 0 Å². The Morgan fingerprint density at radius 1 is 1.14 bits per heavy atom. The first kappa shape index (κ1) is 16.6. The standard InChI is InChI=1S/C13H11Br2ClN2O2S/c1-7-2-3-11(16)12(4-7)18-21(19,20)13-9(14)5-8(17)6-10(13)15/h2-6,18H,17H2,1H3. The van der Waals surface area contributed by atoms with E-state index in [0.717, 1.165) is 5.56 Å². The van der Waals surface area contributed by atoms with Gasteiger partial charge < -0.3 is 5.73 Å². The summed E-state index contributed by atoms with van der Waals surface area (Å²) in [5.74, 6) is 0. The molecule has 0 aliphatic rings. The van der Waals surface area contributed by atoms with Crippen LogP contribution in [0.4, 0.5) is 11.4 Å². The van der Waals surface area contributed by atoms with E-state index >= 15 is 0 Å². The van der Waals surface area contributed by atoms with Gasteiger partial charge in [0.25, 0.3) is 10.0 Å². The van der Waals surface area contributed by atoms with Gasteiger partial charge in [0.1, 0.15) is 4.90 Å². The number of benzene rings is 2. The molecule has 0 spiro atoms. The molecular weight excluding hydrogens is 443 g/mol. The molecule has 0 atom stereocenters. The summed E-state index contributed by atoms with van der Waals surface area (Å²) in [4.78, 5) is 0.0641. The average Bonchev–Trinajstić information content (AvgIpc) is 2.31. The topological polar surface area (TPSA) is 72.2 Å². The van der Waals surface area contributed by atoms with Crippen LogP contribution >= 0.6 is 43.5 Å². The summed E-state index contributed by atoms with van der Waals surface area (Å²) in [5, 5.41) is 0.326. The van der Waals surface area contributed by atoms with E-state index < -0.39 is 10.0 Å². The van der Waals surface area contributed by atoms with Gasteiger partial charge in [-0.25, -0.2) is 8.42 Å². The Hall–Kier alpha value is -0.760. The average molecular weight is 455 g/mol. The van der Waals surface area contributed by atoms with Gasteiger partial charge in [-0.05, 0) is 68.6 Å². The molecule has 2 aromatic carbocycles. The second-order valence-corrected chi connectivity index (χ2v) is 8.14. The number of nitrogens with two attached hydrogens (primary N) is 1. The molecule has 0 bridgehead atoms. The quantitative estimate of drug-likeness (QED) is 0.668. The monoisotopic (exact) mass is 452 g/mol. The van der Waals surface area contributed by atoms with E-state index in [0.29, 0.717) is 25.3 Å². The second kappa shape index (κ2) is 6.16. The molecule has 0 aliphatic heterocycles. The highest BCUT2D eigenvalue weighted by atomic mass is 79.9. The van der Waals surface area contributed by atoms with Crippen molar-refractivity contribution >= 4 is 64.9 Å². The van der Waals surface area contributed by atoms with Crippen molar-refractivity contribution in [3.8, 4) is 0 Å². The number of nitrogen functional groups attached to an aromatic ring is 1. The predicted molar refractivity (Wildman–Crippen MR) is 93.3 cm³/mol. The van der Waals surface area contributed by atoms with E-state index in [1.807, 2.05) is 6.92 Å². The van der Waals surface area contributed by atoms with Crippen molar-refractivity contribution < 1.29 is 8.42 Å². The van der Waals surface area contributed by atoms with Gasteiger partial charge in [-0.15, -0.1) is 0 Å². The van der Waals surface area contributed by atoms with Gasteiger partial charge in [-0.3, -0.25) is 4.72 Å². The number of hydrogen-bond donors (Lipinski definition) is 2. The Kier molecular flexibility index (Phi) is 4.87. The minimum atomic E-state index is -3.81. The third kappa shape index (κ3) is 3.71. The molecule has 8 heteroatoms. The van der Waals surface area contributed by atoms with E-state index in [9.17, 15) is 8.42 Å². The number of hydrogen-bond acceptors (Lipinski definition) is 3. The first-order valence-corrected chi connectivity index (χ1v) is 9.19. The summed E-state index contributed by atoms with van der Waals surface area (Å²) in [6, 6.07) is 8.16. The molecule has 0 aliphatic carbocycles. The molecule has 0 heterocycles. The van der Waals surface area contributed by atoms with E-state index in [1.54, 1.807) is 18.2 Å². The molecule has 0 fully saturated rings. The first-order valence-electron chi connectivity index (χ1n) is 5.74. The third-order valence-corrected chi connectivity index (χ3v) is 6.23. The first-order chi connectivity index (χ1) is 9.70. The lowest BCUT2D eigenvalue weighted by Gasteiger charge is -2.13. The van der Waals surface area contributed by atoms with Gasteiger partial charge in [0, 0.05) is 14.6 Å². The highest BCUT2D eigenvalue weighted by Crippen LogP contribution is 2.34. The second-order valence-electron chi connectivity index (χ2n) is 4.40. The maximum atomic E-state index is 12.5. The van der Waals surface area contributed by atoms with Crippen molar-refractivity contribution in [1.29, 1.82) is 0 Å². The molecule has 21 heavy (non-hydrogen) atoms. The highest BCUT2D eigenvalue weighted by molar-refractivity contribution is 9.11. The Bertz CT molecular complexity index is 787. The van der Waals surface area contributed by atoms with Gasteiger partial charge in [-0.1, -0.05) is 17.7 Å². The molecule has 0 aromatic heterocycles. The van der Waals surface area contributed by atoms with Crippen LogP contribution in [0.15, 0.2) is 44.2 Å². The molecule has 4 nitrogen and oxygen atoms in total. The maximum absolute atomic E-state index is 12.5. The molecular formula is C13H11Br2ClN2O2S. The Morgan fingerprint density at radius 3 is 2.29 bits per heavy atom. The number of anilines is 2. The zero-order valence-corrected chi connectivity index (χ0v) is 15.6. The van der Waals surface area contributed by atoms with Crippen LogP contribution in [0.3, 0.4) is 0 Å². The van der Waals surface area contributed by atoms with Gasteiger partial charge >= 0.3 is 0 Å². The molecule has 3 N–H and O–H groups in total. The fourth-order valence-electron chi connectivity index (χ4n) is 1.75. The molecule has 0 amide bonds. The summed E-state index contributed by atoms with van der Waals surface area (Å²) in [5.41, 5.74) is 7.34. The van der Waals surface area contributed by atoms with Crippen molar-refractivity contribution in [3.63, 3.8) is 0 Å². The Labute approximate surface area is 145 Å². The number of sulfonamides is 1. The molecule has 0 radical (unpaired) electrons. The van der Waals surface area contributed by atoms with Gasteiger partial charge in [-0.2, -0.15) is 0 Å². The maximum Gasteiger partial charge on any atom is 0.264 e. The number of nitrogens with one attached hydrogen (secondary N) is 1. The van der Waals surface area contributed by atoms with Crippen molar-refractivity contribution in [1.82, 2.24) is 0 Å². The fraction of sp³-hybridized carbons (Fsp3) is 0.0769. The summed E-state index contributed by atoms with van der Waals surface area (Å²) in [6.07, 6.45) is 0. The largest absolute Gasteiger partial charge is 0.399 e. The molecule has 2 aromatic rings. The third-order valence-electron chi connectivity index (χ3n) is 2.66. The lowest BCUT2D eigenvalue weighted by Crippen LogP contribution is -2.15. The van der Waals surface area contributed by atoms with Crippen molar-refractivity contribution in [2.24, 2.45) is 0 Å². The lowest BCUT2D eigenvalue weighted by atomic mass is 10.2. The van der Waals surface area contributed by atoms with Crippen LogP contribution in [-0.4, -0.2) is 8.42 Å². The van der Waals surface area contributed by atoms with Crippen LogP contribution in [0.25, 0.3) is 0 Å². The Morgan fingerprint density at radius 2 is 1.71 bits per heavy atom. The van der Waals surface area contributed by atoms with Crippen LogP contribution in [0.2, 0.25) is 5.02 Å². The van der Waals surface area contributed by atoms with Crippen LogP contribution in [0.5, 0.6) is 0 Å². The smallest absolute Gasteiger partial charge is 0.264 e. The Balaban J connectivity index is 2.51. The fourth-order valence-corrected chi connectivity index (χ4v) is 5.66. The molecule has 0 unspecified atom stereocenters. The zero-order valence-electron chi connectivity index (χ0n) is 10.8. The normalized spacial score (nSPS) is 11.4. The van der Waals surface area contributed by atoms with Crippen molar-refractivity contribution in [2.75, 3.05) is 10.5 Å². The van der Waals surface area contributed by atoms with E-state index in [4.69, 9.17) is 17.3 Å². The van der Waals surface area contributed by atoms with Gasteiger partial charge in [0.05, 0.1) is 10.7 Å². The molecule has 0 saturated carbocycles. The van der Waals surface area contributed by atoms with Crippen molar-refractivity contribution in [3.05, 3.63) is 49.9 Å². The van der Waals surface area contributed by atoms with Gasteiger partial charge in [0.15, 0.2) is 0 Å². The predicted octanol–water partition coefficient (Wildman–Crippen LogP) is 4.56. The molecule has 2 rings (SSSR count). The SMILES string of the molecule is Cc1ccc(Cl)c(NS(=O)(=O)c2c(Br)cc(N)cc2Br)c1. The van der Waals surface area contributed by atoms with E-state index in [1.165, 1.54) is 12.1 Å². The van der Waals surface area contributed by atoms with Crippen molar-refractivity contribution in [2.45, 2.75) is 11.8 Å². The summed E-state index contributed by atoms with van der Waals surface area (Å²) in [6.45, 7) is 1.85. The minimum Gasteiger partial charge on any atom is -0.399 e. The molecule has 112 valence electrons. The van der Waals surface area contributed by atoms with Crippen LogP contribution in [0.1, 0.15) is 5.56 Å². The zero-order chi connectivity index (χ0) is 15.8. The van der Waals surface area contributed by atoms with E-state index in [-0.39, 0.29) is 4.90 Å². The van der Waals surface area contributed by atoms with Crippen LogP contribution < -0.4 is 10.5 Å². The number of aryl methyl sites for hydroxylation is 1. The highest BCUT2D eigenvalue weighted by Gasteiger charge is 2.22. The number of rotatable bonds is 3. The molecule has 0 saturated heterocycles. The lowest BCUT2D eigenvalue weighted by molar-refractivity contribution is 0.600. The van der Waals surface area contributed by atoms with Crippen LogP contribution in [-0.2, 0) is 10.0 Å². The minimum absolute atomic E-state index is 0.0641. The number of halogens is 3.